The van der Waals surface area contributed by atoms with Gasteiger partial charge < -0.3 is 9.64 Å². The van der Waals surface area contributed by atoms with Gasteiger partial charge in [0.1, 0.15) is 5.75 Å². The summed E-state index contributed by atoms with van der Waals surface area (Å²) < 4.78 is 6.17. The average Bonchev–Trinajstić information content (AvgIpc) is 2.44. The Balaban J connectivity index is 2.22. The molecule has 0 fully saturated rings. The maximum atomic E-state index is 6.17. The van der Waals surface area contributed by atoms with Gasteiger partial charge in [0.2, 0.25) is 0 Å². The monoisotopic (exact) mass is 286 g/mol. The van der Waals surface area contributed by atoms with Crippen molar-refractivity contribution in [3.05, 3.63) is 36.7 Å². The number of benzene rings is 1. The molecule has 0 amide bonds. The van der Waals surface area contributed by atoms with Crippen LogP contribution in [0.3, 0.4) is 0 Å². The van der Waals surface area contributed by atoms with Crippen LogP contribution in [0, 0.1) is 5.41 Å². The molecule has 0 bridgehead atoms. The first kappa shape index (κ1) is 15.8. The molecule has 0 spiro atoms. The largest absolute Gasteiger partial charge is 0.492 e. The molecule has 0 saturated heterocycles. The smallest absolute Gasteiger partial charge is 0.127 e. The van der Waals surface area contributed by atoms with Gasteiger partial charge in [-0.2, -0.15) is 0 Å². The molecule has 0 radical (unpaired) electrons. The number of ether oxygens (including phenoxy) is 1. The maximum Gasteiger partial charge on any atom is 0.127 e. The zero-order valence-electron chi connectivity index (χ0n) is 14.0. The predicted octanol–water partition coefficient (Wildman–Crippen LogP) is 3.98. The summed E-state index contributed by atoms with van der Waals surface area (Å²) in [5.74, 6) is 0.928. The number of hydrogen-bond acceptors (Lipinski definition) is 3. The van der Waals surface area contributed by atoms with E-state index in [-0.39, 0.29) is 11.0 Å². The summed E-state index contributed by atoms with van der Waals surface area (Å²) in [4.78, 5) is 6.42. The van der Waals surface area contributed by atoms with Crippen molar-refractivity contribution < 1.29 is 4.74 Å². The van der Waals surface area contributed by atoms with Gasteiger partial charge in [0, 0.05) is 34.1 Å². The van der Waals surface area contributed by atoms with Crippen molar-refractivity contribution in [2.75, 3.05) is 20.7 Å². The van der Waals surface area contributed by atoms with Crippen molar-refractivity contribution >= 4 is 10.8 Å². The van der Waals surface area contributed by atoms with Gasteiger partial charge in [-0.1, -0.05) is 26.0 Å². The highest BCUT2D eigenvalue weighted by atomic mass is 16.5. The van der Waals surface area contributed by atoms with Crippen LogP contribution in [0.25, 0.3) is 10.8 Å². The summed E-state index contributed by atoms with van der Waals surface area (Å²) in [7, 11) is 4.23. The standard InChI is InChI=1S/C18H26N2O/c1-17(2,18(3,4)20(5)6)13-21-16-9-7-8-14-12-19-11-10-15(14)16/h7-12H,13H2,1-6H3. The number of nitrogens with zero attached hydrogens (tertiary/aromatic N) is 2. The molecule has 0 aliphatic heterocycles. The zero-order chi connectivity index (χ0) is 15.7. The second kappa shape index (κ2) is 5.64. The van der Waals surface area contributed by atoms with E-state index in [9.17, 15) is 0 Å². The van der Waals surface area contributed by atoms with Gasteiger partial charge >= 0.3 is 0 Å². The van der Waals surface area contributed by atoms with E-state index in [1.165, 1.54) is 0 Å². The highest BCUT2D eigenvalue weighted by Crippen LogP contribution is 2.35. The Morgan fingerprint density at radius 2 is 1.81 bits per heavy atom. The fraction of sp³-hybridized carbons (Fsp3) is 0.500. The molecule has 2 rings (SSSR count). The number of hydrogen-bond donors (Lipinski definition) is 0. The minimum atomic E-state index is 0.0195. The Kier molecular flexibility index (Phi) is 4.24. The van der Waals surface area contributed by atoms with E-state index >= 15 is 0 Å². The molecule has 0 N–H and O–H groups in total. The van der Waals surface area contributed by atoms with Gasteiger partial charge in [-0.05, 0) is 40.1 Å². The molecule has 0 saturated carbocycles. The average molecular weight is 286 g/mol. The lowest BCUT2D eigenvalue weighted by Crippen LogP contribution is -2.53. The fourth-order valence-electron chi connectivity index (χ4n) is 2.26. The number of fused-ring (bicyclic) bond motifs is 1. The Labute approximate surface area is 127 Å². The summed E-state index contributed by atoms with van der Waals surface area (Å²) in [5.41, 5.74) is 0.0604. The third-order valence-electron chi connectivity index (χ3n) is 5.00. The van der Waals surface area contributed by atoms with Crippen molar-refractivity contribution in [1.29, 1.82) is 0 Å². The third kappa shape index (κ3) is 3.03. The highest BCUT2D eigenvalue weighted by Gasteiger charge is 2.39. The summed E-state index contributed by atoms with van der Waals surface area (Å²) in [6.07, 6.45) is 3.68. The van der Waals surface area contributed by atoms with Crippen LogP contribution >= 0.6 is 0 Å². The third-order valence-corrected chi connectivity index (χ3v) is 5.00. The Bertz CT molecular complexity index is 612. The fourth-order valence-corrected chi connectivity index (χ4v) is 2.26. The van der Waals surface area contributed by atoms with Gasteiger partial charge in [-0.25, -0.2) is 0 Å². The van der Waals surface area contributed by atoms with Crippen LogP contribution in [-0.2, 0) is 0 Å². The summed E-state index contributed by atoms with van der Waals surface area (Å²) in [6, 6.07) is 8.11. The van der Waals surface area contributed by atoms with Gasteiger partial charge in [-0.3, -0.25) is 4.98 Å². The van der Waals surface area contributed by atoms with E-state index in [0.717, 1.165) is 16.5 Å². The molecule has 2 aromatic rings. The van der Waals surface area contributed by atoms with Crippen LogP contribution in [0.2, 0.25) is 0 Å². The molecule has 114 valence electrons. The van der Waals surface area contributed by atoms with Crippen LogP contribution in [0.15, 0.2) is 36.7 Å². The van der Waals surface area contributed by atoms with Crippen LogP contribution in [-0.4, -0.2) is 36.1 Å². The molecular formula is C18H26N2O. The summed E-state index contributed by atoms with van der Waals surface area (Å²) >= 11 is 0. The molecule has 3 nitrogen and oxygen atoms in total. The second-order valence-corrected chi connectivity index (χ2v) is 6.98. The molecule has 1 aromatic carbocycles. The van der Waals surface area contributed by atoms with Gasteiger partial charge in [0.25, 0.3) is 0 Å². The van der Waals surface area contributed by atoms with E-state index in [1.807, 2.05) is 30.6 Å². The van der Waals surface area contributed by atoms with E-state index < -0.39 is 0 Å². The van der Waals surface area contributed by atoms with Crippen molar-refractivity contribution in [2.24, 2.45) is 5.41 Å². The summed E-state index contributed by atoms with van der Waals surface area (Å²) in [5, 5.41) is 2.23. The van der Waals surface area contributed by atoms with Gasteiger partial charge in [0.05, 0.1) is 6.61 Å². The van der Waals surface area contributed by atoms with Crippen LogP contribution in [0.4, 0.5) is 0 Å². The summed E-state index contributed by atoms with van der Waals surface area (Å²) in [6.45, 7) is 9.67. The van der Waals surface area contributed by atoms with Gasteiger partial charge in [0.15, 0.2) is 0 Å². The number of aromatic nitrogens is 1. The number of rotatable bonds is 5. The van der Waals surface area contributed by atoms with Crippen molar-refractivity contribution in [1.82, 2.24) is 9.88 Å². The van der Waals surface area contributed by atoms with Crippen molar-refractivity contribution in [2.45, 2.75) is 33.2 Å². The lowest BCUT2D eigenvalue weighted by atomic mass is 9.74. The van der Waals surface area contributed by atoms with E-state index in [1.54, 1.807) is 0 Å². The first-order chi connectivity index (χ1) is 9.75. The van der Waals surface area contributed by atoms with Crippen LogP contribution in [0.1, 0.15) is 27.7 Å². The SMILES string of the molecule is CN(C)C(C)(C)C(C)(C)COc1cccc2cnccc12. The quantitative estimate of drug-likeness (QED) is 0.831. The molecule has 0 atom stereocenters. The molecule has 1 aromatic heterocycles. The van der Waals surface area contributed by atoms with Crippen molar-refractivity contribution in [3.63, 3.8) is 0 Å². The molecule has 0 unspecified atom stereocenters. The Morgan fingerprint density at radius 3 is 2.48 bits per heavy atom. The maximum absolute atomic E-state index is 6.17. The van der Waals surface area contributed by atoms with E-state index in [2.05, 4.69) is 57.7 Å². The first-order valence-electron chi connectivity index (χ1n) is 7.39. The normalized spacial score (nSPS) is 12.9. The number of pyridine rings is 1. The van der Waals surface area contributed by atoms with Gasteiger partial charge in [-0.15, -0.1) is 0 Å². The van der Waals surface area contributed by atoms with Crippen LogP contribution < -0.4 is 4.74 Å². The molecule has 0 aliphatic rings. The zero-order valence-corrected chi connectivity index (χ0v) is 14.0. The van der Waals surface area contributed by atoms with Crippen LogP contribution in [0.5, 0.6) is 5.75 Å². The lowest BCUT2D eigenvalue weighted by molar-refractivity contribution is 0.0133. The highest BCUT2D eigenvalue weighted by molar-refractivity contribution is 5.87. The van der Waals surface area contributed by atoms with E-state index in [4.69, 9.17) is 4.74 Å². The minimum Gasteiger partial charge on any atom is -0.492 e. The first-order valence-corrected chi connectivity index (χ1v) is 7.39. The lowest BCUT2D eigenvalue weighted by Gasteiger charge is -2.46. The predicted molar refractivity (Wildman–Crippen MR) is 88.8 cm³/mol. The minimum absolute atomic E-state index is 0.0195. The van der Waals surface area contributed by atoms with E-state index in [0.29, 0.717) is 6.61 Å². The Hall–Kier alpha value is -1.61. The molecule has 0 aliphatic carbocycles. The topological polar surface area (TPSA) is 25.4 Å². The molecule has 1 heterocycles. The molecule has 21 heavy (non-hydrogen) atoms. The second-order valence-electron chi connectivity index (χ2n) is 6.98. The Morgan fingerprint density at radius 1 is 1.10 bits per heavy atom. The molecule has 3 heteroatoms. The molecular weight excluding hydrogens is 260 g/mol. The van der Waals surface area contributed by atoms with Crippen molar-refractivity contribution in [3.8, 4) is 5.75 Å².